The third-order valence-corrected chi connectivity index (χ3v) is 4.42. The highest BCUT2D eigenvalue weighted by Gasteiger charge is 2.13. The average Bonchev–Trinajstić information content (AvgIpc) is 3.36. The summed E-state index contributed by atoms with van der Waals surface area (Å²) >= 11 is 5.92. The molecule has 0 fully saturated rings. The molecule has 6 nitrogen and oxygen atoms in total. The van der Waals surface area contributed by atoms with Crippen LogP contribution in [0.5, 0.6) is 5.75 Å². The standard InChI is InChI=1S/C22H17ClFN3O3/c23-16-4-2-6-19(10-16)29-14-20-7-8-21(30-20)22(28)26-18-11-25-27(13-18)12-15-3-1-5-17(24)9-15/h1-11,13H,12,14H2,(H,26,28). The molecule has 8 heteroatoms. The van der Waals surface area contributed by atoms with E-state index < -0.39 is 5.91 Å². The molecule has 4 rings (SSSR count). The summed E-state index contributed by atoms with van der Waals surface area (Å²) in [4.78, 5) is 12.4. The molecule has 0 atom stereocenters. The Hall–Kier alpha value is -3.58. The van der Waals surface area contributed by atoms with E-state index in [4.69, 9.17) is 20.8 Å². The zero-order valence-corrected chi connectivity index (χ0v) is 16.5. The van der Waals surface area contributed by atoms with Gasteiger partial charge in [-0.05, 0) is 48.0 Å². The number of nitrogens with zero attached hydrogens (tertiary/aromatic N) is 2. The van der Waals surface area contributed by atoms with Crippen molar-refractivity contribution in [1.82, 2.24) is 9.78 Å². The Labute approximate surface area is 176 Å². The zero-order chi connectivity index (χ0) is 20.9. The van der Waals surface area contributed by atoms with Crippen LogP contribution in [0.15, 0.2) is 77.5 Å². The minimum Gasteiger partial charge on any atom is -0.486 e. The Balaban J connectivity index is 1.34. The van der Waals surface area contributed by atoms with Gasteiger partial charge in [-0.2, -0.15) is 5.10 Å². The van der Waals surface area contributed by atoms with Gasteiger partial charge in [0.25, 0.3) is 5.91 Å². The topological polar surface area (TPSA) is 69.3 Å². The lowest BCUT2D eigenvalue weighted by atomic mass is 10.2. The molecule has 0 saturated carbocycles. The first-order chi connectivity index (χ1) is 14.5. The molecule has 2 aromatic heterocycles. The van der Waals surface area contributed by atoms with Crippen LogP contribution >= 0.6 is 11.6 Å². The molecule has 1 N–H and O–H groups in total. The number of rotatable bonds is 7. The fourth-order valence-corrected chi connectivity index (χ4v) is 3.00. The van der Waals surface area contributed by atoms with E-state index in [1.165, 1.54) is 18.3 Å². The van der Waals surface area contributed by atoms with Crippen molar-refractivity contribution in [2.45, 2.75) is 13.2 Å². The number of anilines is 1. The van der Waals surface area contributed by atoms with Gasteiger partial charge in [0.05, 0.1) is 18.4 Å². The van der Waals surface area contributed by atoms with E-state index in [0.29, 0.717) is 28.8 Å². The van der Waals surface area contributed by atoms with Crippen LogP contribution in [-0.2, 0) is 13.2 Å². The lowest BCUT2D eigenvalue weighted by Crippen LogP contribution is -2.10. The quantitative estimate of drug-likeness (QED) is 0.444. The van der Waals surface area contributed by atoms with Gasteiger partial charge in [0, 0.05) is 11.2 Å². The summed E-state index contributed by atoms with van der Waals surface area (Å²) in [6.45, 7) is 0.554. The van der Waals surface area contributed by atoms with Gasteiger partial charge in [-0.25, -0.2) is 4.39 Å². The molecule has 0 unspecified atom stereocenters. The molecular weight excluding hydrogens is 409 g/mol. The minimum atomic E-state index is -0.408. The van der Waals surface area contributed by atoms with Crippen LogP contribution < -0.4 is 10.1 Å². The number of aromatic nitrogens is 2. The SMILES string of the molecule is O=C(Nc1cnn(Cc2cccc(F)c2)c1)c1ccc(COc2cccc(Cl)c2)o1. The summed E-state index contributed by atoms with van der Waals surface area (Å²) in [5.74, 6) is 0.547. The molecule has 0 bridgehead atoms. The number of benzene rings is 2. The van der Waals surface area contributed by atoms with E-state index >= 15 is 0 Å². The van der Waals surface area contributed by atoms with Crippen molar-refractivity contribution in [2.75, 3.05) is 5.32 Å². The molecule has 0 radical (unpaired) electrons. The molecule has 0 aliphatic rings. The normalized spacial score (nSPS) is 10.7. The second kappa shape index (κ2) is 8.84. The number of halogens is 2. The molecule has 0 aliphatic carbocycles. The predicted octanol–water partition coefficient (Wildman–Crippen LogP) is 5.15. The molecule has 30 heavy (non-hydrogen) atoms. The van der Waals surface area contributed by atoms with E-state index in [-0.39, 0.29) is 18.2 Å². The van der Waals surface area contributed by atoms with E-state index in [1.54, 1.807) is 59.4 Å². The van der Waals surface area contributed by atoms with Crippen molar-refractivity contribution in [3.05, 3.63) is 101 Å². The van der Waals surface area contributed by atoms with Crippen LogP contribution in [0.3, 0.4) is 0 Å². The van der Waals surface area contributed by atoms with Gasteiger partial charge in [0.15, 0.2) is 5.76 Å². The molecular formula is C22H17ClFN3O3. The maximum atomic E-state index is 13.3. The van der Waals surface area contributed by atoms with Gasteiger partial charge in [0.1, 0.15) is 23.9 Å². The van der Waals surface area contributed by atoms with Crippen molar-refractivity contribution < 1.29 is 18.3 Å². The fraction of sp³-hybridized carbons (Fsp3) is 0.0909. The first-order valence-electron chi connectivity index (χ1n) is 9.10. The zero-order valence-electron chi connectivity index (χ0n) is 15.7. The summed E-state index contributed by atoms with van der Waals surface area (Å²) in [6, 6.07) is 16.5. The van der Waals surface area contributed by atoms with Crippen molar-refractivity contribution >= 4 is 23.2 Å². The number of amides is 1. The summed E-state index contributed by atoms with van der Waals surface area (Å²) < 4.78 is 26.1. The molecule has 4 aromatic rings. The highest BCUT2D eigenvalue weighted by atomic mass is 35.5. The van der Waals surface area contributed by atoms with Crippen LogP contribution in [0, 0.1) is 5.82 Å². The molecule has 0 aliphatic heterocycles. The van der Waals surface area contributed by atoms with Gasteiger partial charge in [0.2, 0.25) is 0 Å². The van der Waals surface area contributed by atoms with Crippen LogP contribution in [-0.4, -0.2) is 15.7 Å². The second-order valence-corrected chi connectivity index (χ2v) is 6.96. The Morgan fingerprint density at radius 3 is 2.87 bits per heavy atom. The first kappa shape index (κ1) is 19.7. The number of carbonyl (C=O) groups excluding carboxylic acids is 1. The fourth-order valence-electron chi connectivity index (χ4n) is 2.82. The molecule has 152 valence electrons. The van der Waals surface area contributed by atoms with Crippen LogP contribution in [0.4, 0.5) is 10.1 Å². The van der Waals surface area contributed by atoms with Crippen LogP contribution in [0.25, 0.3) is 0 Å². The maximum Gasteiger partial charge on any atom is 0.291 e. The number of hydrogen-bond acceptors (Lipinski definition) is 4. The van der Waals surface area contributed by atoms with Crippen LogP contribution in [0.1, 0.15) is 21.9 Å². The number of carbonyl (C=O) groups is 1. The lowest BCUT2D eigenvalue weighted by molar-refractivity contribution is 0.0992. The van der Waals surface area contributed by atoms with Crippen LogP contribution in [0.2, 0.25) is 5.02 Å². The lowest BCUT2D eigenvalue weighted by Gasteiger charge is -2.04. The van der Waals surface area contributed by atoms with E-state index in [1.807, 2.05) is 0 Å². The predicted molar refractivity (Wildman–Crippen MR) is 110 cm³/mol. The van der Waals surface area contributed by atoms with Gasteiger partial charge in [-0.1, -0.05) is 29.8 Å². The third kappa shape index (κ3) is 5.07. The number of ether oxygens (including phenoxy) is 1. The van der Waals surface area contributed by atoms with Crippen molar-refractivity contribution in [2.24, 2.45) is 0 Å². The molecule has 1 amide bonds. The van der Waals surface area contributed by atoms with Gasteiger partial charge < -0.3 is 14.5 Å². The Kier molecular flexibility index (Phi) is 5.81. The average molecular weight is 426 g/mol. The molecule has 2 aromatic carbocycles. The summed E-state index contributed by atoms with van der Waals surface area (Å²) in [6.07, 6.45) is 3.18. The second-order valence-electron chi connectivity index (χ2n) is 6.52. The number of furan rings is 1. The summed E-state index contributed by atoms with van der Waals surface area (Å²) in [7, 11) is 0. The summed E-state index contributed by atoms with van der Waals surface area (Å²) in [5, 5.41) is 7.48. The van der Waals surface area contributed by atoms with Crippen molar-refractivity contribution in [3.8, 4) is 5.75 Å². The van der Waals surface area contributed by atoms with Gasteiger partial charge in [-0.15, -0.1) is 0 Å². The smallest absolute Gasteiger partial charge is 0.291 e. The highest BCUT2D eigenvalue weighted by Crippen LogP contribution is 2.19. The highest BCUT2D eigenvalue weighted by molar-refractivity contribution is 6.30. The van der Waals surface area contributed by atoms with Gasteiger partial charge >= 0.3 is 0 Å². The molecule has 0 saturated heterocycles. The third-order valence-electron chi connectivity index (χ3n) is 4.19. The van der Waals surface area contributed by atoms with Crippen molar-refractivity contribution in [3.63, 3.8) is 0 Å². The maximum absolute atomic E-state index is 13.3. The Morgan fingerprint density at radius 1 is 1.17 bits per heavy atom. The monoisotopic (exact) mass is 425 g/mol. The van der Waals surface area contributed by atoms with E-state index in [0.717, 1.165) is 5.56 Å². The Bertz CT molecular complexity index is 1170. The van der Waals surface area contributed by atoms with E-state index in [9.17, 15) is 9.18 Å². The number of hydrogen-bond donors (Lipinski definition) is 1. The largest absolute Gasteiger partial charge is 0.486 e. The molecule has 2 heterocycles. The minimum absolute atomic E-state index is 0.151. The summed E-state index contributed by atoms with van der Waals surface area (Å²) in [5.41, 5.74) is 1.27. The first-order valence-corrected chi connectivity index (χ1v) is 9.48. The number of nitrogens with one attached hydrogen (secondary N) is 1. The molecule has 0 spiro atoms. The van der Waals surface area contributed by atoms with Crippen molar-refractivity contribution in [1.29, 1.82) is 0 Å². The van der Waals surface area contributed by atoms with Gasteiger partial charge in [-0.3, -0.25) is 9.48 Å². The van der Waals surface area contributed by atoms with E-state index in [2.05, 4.69) is 10.4 Å². The Morgan fingerprint density at radius 2 is 2.03 bits per heavy atom.